The van der Waals surface area contributed by atoms with E-state index in [0.29, 0.717) is 23.6 Å². The van der Waals surface area contributed by atoms with Gasteiger partial charge >= 0.3 is 0 Å². The van der Waals surface area contributed by atoms with Crippen LogP contribution in [0.1, 0.15) is 6.42 Å². The van der Waals surface area contributed by atoms with E-state index < -0.39 is 0 Å². The van der Waals surface area contributed by atoms with Gasteiger partial charge in [-0.3, -0.25) is 0 Å². The van der Waals surface area contributed by atoms with Gasteiger partial charge in [-0.1, -0.05) is 30.3 Å². The van der Waals surface area contributed by atoms with Crippen LogP contribution >= 0.6 is 0 Å². The molecule has 1 atom stereocenters. The van der Waals surface area contributed by atoms with Crippen LogP contribution in [0, 0.1) is 0 Å². The Kier molecular flexibility index (Phi) is 4.52. The van der Waals surface area contributed by atoms with Crippen LogP contribution in [0.3, 0.4) is 0 Å². The van der Waals surface area contributed by atoms with Crippen LogP contribution in [0.5, 0.6) is 11.5 Å². The average Bonchev–Trinajstić information content (AvgIpc) is 3.16. The van der Waals surface area contributed by atoms with Crippen molar-refractivity contribution < 1.29 is 4.74 Å². The average molecular weight is 333 g/mol. The lowest BCUT2D eigenvalue weighted by atomic mass is 10.2. The first-order valence-electron chi connectivity index (χ1n) is 8.37. The van der Waals surface area contributed by atoms with Crippen molar-refractivity contribution >= 4 is 5.95 Å². The smallest absolute Gasteiger partial charge is 0.226 e. The number of hydrogen-bond acceptors (Lipinski definition) is 6. The monoisotopic (exact) mass is 333 g/mol. The summed E-state index contributed by atoms with van der Waals surface area (Å²) in [5.74, 6) is 2.68. The largest absolute Gasteiger partial charge is 0.457 e. The summed E-state index contributed by atoms with van der Waals surface area (Å²) in [6, 6.07) is 17.8. The standard InChI is InChI=1S/C19H19N5O/c1-2-6-15(7-3-1)25-17-9-5-4-8-16(17)18-21-13-22-19(24-18)23-14-10-11-20-12-14/h1-9,13-14,20H,10-12H2,(H,21,22,23,24). The number of rotatable bonds is 5. The van der Waals surface area contributed by atoms with Gasteiger partial charge in [-0.2, -0.15) is 4.98 Å². The van der Waals surface area contributed by atoms with Crippen molar-refractivity contribution in [2.45, 2.75) is 12.5 Å². The van der Waals surface area contributed by atoms with Crippen molar-refractivity contribution in [2.24, 2.45) is 0 Å². The molecule has 0 bridgehead atoms. The molecule has 4 rings (SSSR count). The van der Waals surface area contributed by atoms with Crippen molar-refractivity contribution in [2.75, 3.05) is 18.4 Å². The molecule has 2 heterocycles. The highest BCUT2D eigenvalue weighted by Crippen LogP contribution is 2.31. The fraction of sp³-hybridized carbons (Fsp3) is 0.211. The summed E-state index contributed by atoms with van der Waals surface area (Å²) in [5.41, 5.74) is 0.835. The predicted octanol–water partition coefficient (Wildman–Crippen LogP) is 3.10. The van der Waals surface area contributed by atoms with Gasteiger partial charge in [0.05, 0.1) is 5.56 Å². The number of ether oxygens (including phenoxy) is 1. The molecule has 3 aromatic rings. The lowest BCUT2D eigenvalue weighted by Crippen LogP contribution is -2.23. The van der Waals surface area contributed by atoms with Gasteiger partial charge in [-0.15, -0.1) is 0 Å². The molecule has 1 unspecified atom stereocenters. The van der Waals surface area contributed by atoms with Crippen LogP contribution in [0.4, 0.5) is 5.95 Å². The van der Waals surface area contributed by atoms with Crippen molar-refractivity contribution in [3.8, 4) is 22.9 Å². The number of benzene rings is 2. The second-order valence-corrected chi connectivity index (χ2v) is 5.88. The predicted molar refractivity (Wildman–Crippen MR) is 96.7 cm³/mol. The van der Waals surface area contributed by atoms with E-state index in [-0.39, 0.29) is 0 Å². The van der Waals surface area contributed by atoms with E-state index in [1.54, 1.807) is 0 Å². The van der Waals surface area contributed by atoms with Gasteiger partial charge in [0.15, 0.2) is 5.82 Å². The molecule has 0 aliphatic carbocycles. The van der Waals surface area contributed by atoms with Gasteiger partial charge < -0.3 is 15.4 Å². The molecule has 2 aromatic carbocycles. The number of para-hydroxylation sites is 2. The van der Waals surface area contributed by atoms with Crippen molar-refractivity contribution in [1.82, 2.24) is 20.3 Å². The van der Waals surface area contributed by atoms with Crippen LogP contribution in [-0.2, 0) is 0 Å². The number of anilines is 1. The Bertz CT molecular complexity index is 834. The zero-order valence-electron chi connectivity index (χ0n) is 13.7. The first kappa shape index (κ1) is 15.5. The van der Waals surface area contributed by atoms with Gasteiger partial charge in [0.1, 0.15) is 17.8 Å². The van der Waals surface area contributed by atoms with E-state index in [4.69, 9.17) is 4.74 Å². The molecule has 6 heteroatoms. The molecule has 0 spiro atoms. The molecule has 6 nitrogen and oxygen atoms in total. The normalized spacial score (nSPS) is 16.6. The van der Waals surface area contributed by atoms with Crippen molar-refractivity contribution in [3.05, 3.63) is 60.9 Å². The molecular formula is C19H19N5O. The highest BCUT2D eigenvalue weighted by Gasteiger charge is 2.16. The van der Waals surface area contributed by atoms with E-state index in [0.717, 1.165) is 30.8 Å². The first-order valence-corrected chi connectivity index (χ1v) is 8.37. The Balaban J connectivity index is 1.61. The number of nitrogens with zero attached hydrogens (tertiary/aromatic N) is 3. The minimum absolute atomic E-state index is 0.353. The molecule has 0 saturated carbocycles. The van der Waals surface area contributed by atoms with E-state index in [2.05, 4.69) is 25.6 Å². The van der Waals surface area contributed by atoms with E-state index in [1.165, 1.54) is 6.33 Å². The summed E-state index contributed by atoms with van der Waals surface area (Å²) in [4.78, 5) is 13.1. The zero-order chi connectivity index (χ0) is 16.9. The lowest BCUT2D eigenvalue weighted by Gasteiger charge is -2.13. The van der Waals surface area contributed by atoms with E-state index in [1.807, 2.05) is 54.6 Å². The maximum atomic E-state index is 6.01. The molecule has 0 amide bonds. The Labute approximate surface area is 146 Å². The molecule has 1 fully saturated rings. The molecule has 2 N–H and O–H groups in total. The number of hydrogen-bond donors (Lipinski definition) is 2. The van der Waals surface area contributed by atoms with E-state index in [9.17, 15) is 0 Å². The van der Waals surface area contributed by atoms with Gasteiger partial charge in [-0.05, 0) is 37.2 Å². The van der Waals surface area contributed by atoms with Gasteiger partial charge in [0, 0.05) is 12.6 Å². The SMILES string of the molecule is c1ccc(Oc2ccccc2-c2ncnc(NC3CCNC3)n2)cc1. The Morgan fingerprint density at radius 3 is 2.68 bits per heavy atom. The second kappa shape index (κ2) is 7.27. The van der Waals surface area contributed by atoms with Crippen LogP contribution in [0.15, 0.2) is 60.9 Å². The third-order valence-electron chi connectivity index (χ3n) is 4.06. The topological polar surface area (TPSA) is 72.0 Å². The summed E-state index contributed by atoms with van der Waals surface area (Å²) in [6.07, 6.45) is 2.60. The Morgan fingerprint density at radius 2 is 1.84 bits per heavy atom. The van der Waals surface area contributed by atoms with Crippen LogP contribution in [-0.4, -0.2) is 34.1 Å². The minimum atomic E-state index is 0.353. The molecule has 1 saturated heterocycles. The first-order chi connectivity index (χ1) is 12.4. The Hall–Kier alpha value is -2.99. The van der Waals surface area contributed by atoms with Crippen molar-refractivity contribution in [3.63, 3.8) is 0 Å². The summed E-state index contributed by atoms with van der Waals surface area (Å²) in [7, 11) is 0. The molecule has 1 aliphatic heterocycles. The lowest BCUT2D eigenvalue weighted by molar-refractivity contribution is 0.484. The summed E-state index contributed by atoms with van der Waals surface area (Å²) >= 11 is 0. The molecular weight excluding hydrogens is 314 g/mol. The van der Waals surface area contributed by atoms with Crippen LogP contribution in [0.25, 0.3) is 11.4 Å². The number of aromatic nitrogens is 3. The van der Waals surface area contributed by atoms with E-state index >= 15 is 0 Å². The highest BCUT2D eigenvalue weighted by molar-refractivity contribution is 5.65. The van der Waals surface area contributed by atoms with Crippen molar-refractivity contribution in [1.29, 1.82) is 0 Å². The molecule has 25 heavy (non-hydrogen) atoms. The quantitative estimate of drug-likeness (QED) is 0.747. The molecule has 126 valence electrons. The summed E-state index contributed by atoms with van der Waals surface area (Å²) < 4.78 is 6.01. The maximum absolute atomic E-state index is 6.01. The van der Waals surface area contributed by atoms with Gasteiger partial charge in [-0.25, -0.2) is 9.97 Å². The zero-order valence-corrected chi connectivity index (χ0v) is 13.7. The van der Waals surface area contributed by atoms with Crippen LogP contribution < -0.4 is 15.4 Å². The third kappa shape index (κ3) is 3.75. The fourth-order valence-electron chi connectivity index (χ4n) is 2.81. The highest BCUT2D eigenvalue weighted by atomic mass is 16.5. The third-order valence-corrected chi connectivity index (χ3v) is 4.06. The summed E-state index contributed by atoms with van der Waals surface area (Å²) in [6.45, 7) is 1.94. The van der Waals surface area contributed by atoms with Gasteiger partial charge in [0.2, 0.25) is 5.95 Å². The maximum Gasteiger partial charge on any atom is 0.226 e. The van der Waals surface area contributed by atoms with Crippen LogP contribution in [0.2, 0.25) is 0 Å². The second-order valence-electron chi connectivity index (χ2n) is 5.88. The molecule has 0 radical (unpaired) electrons. The molecule has 1 aromatic heterocycles. The fourth-order valence-corrected chi connectivity index (χ4v) is 2.81. The Morgan fingerprint density at radius 1 is 1.00 bits per heavy atom. The molecule has 1 aliphatic rings. The van der Waals surface area contributed by atoms with Gasteiger partial charge in [0.25, 0.3) is 0 Å². The minimum Gasteiger partial charge on any atom is -0.457 e. The summed E-state index contributed by atoms with van der Waals surface area (Å²) in [5, 5.41) is 6.68. The number of nitrogens with one attached hydrogen (secondary N) is 2.